The van der Waals surface area contributed by atoms with Gasteiger partial charge in [0.15, 0.2) is 0 Å². The van der Waals surface area contributed by atoms with E-state index in [2.05, 4.69) is 42.7 Å². The molecule has 1 aliphatic heterocycles. The molecule has 1 aromatic carbocycles. The van der Waals surface area contributed by atoms with Crippen LogP contribution in [0.4, 0.5) is 0 Å². The van der Waals surface area contributed by atoms with E-state index in [-0.39, 0.29) is 6.04 Å². The van der Waals surface area contributed by atoms with E-state index in [4.69, 9.17) is 10.7 Å². The van der Waals surface area contributed by atoms with Gasteiger partial charge in [0.05, 0.1) is 5.69 Å². The monoisotopic (exact) mass is 241 g/mol. The highest BCUT2D eigenvalue weighted by Gasteiger charge is 2.21. The lowest BCUT2D eigenvalue weighted by Gasteiger charge is -2.21. The van der Waals surface area contributed by atoms with Crippen molar-refractivity contribution < 1.29 is 0 Å². The van der Waals surface area contributed by atoms with Gasteiger partial charge in [0.25, 0.3) is 0 Å². The van der Waals surface area contributed by atoms with Crippen LogP contribution >= 0.6 is 0 Å². The molecule has 3 rings (SSSR count). The smallest absolute Gasteiger partial charge is 0.109 e. The SMILES string of the molecule is Cc1ccc(-c2nc3n(c2C)CC(N)CC3)cc1. The third-order valence-electron chi connectivity index (χ3n) is 3.78. The Morgan fingerprint density at radius 2 is 1.94 bits per heavy atom. The lowest BCUT2D eigenvalue weighted by molar-refractivity contribution is 0.448. The minimum atomic E-state index is 0.274. The molecular formula is C15H19N3. The first-order valence-electron chi connectivity index (χ1n) is 6.54. The Morgan fingerprint density at radius 3 is 2.67 bits per heavy atom. The van der Waals surface area contributed by atoms with E-state index in [1.165, 1.54) is 22.6 Å². The molecule has 0 amide bonds. The van der Waals surface area contributed by atoms with Crippen LogP contribution in [0.15, 0.2) is 24.3 Å². The van der Waals surface area contributed by atoms with Crippen molar-refractivity contribution in [3.05, 3.63) is 41.3 Å². The molecule has 0 saturated heterocycles. The van der Waals surface area contributed by atoms with Gasteiger partial charge in [-0.15, -0.1) is 0 Å². The maximum Gasteiger partial charge on any atom is 0.109 e. The molecule has 94 valence electrons. The van der Waals surface area contributed by atoms with Gasteiger partial charge in [0.2, 0.25) is 0 Å². The molecule has 2 N–H and O–H groups in total. The van der Waals surface area contributed by atoms with Gasteiger partial charge < -0.3 is 10.3 Å². The highest BCUT2D eigenvalue weighted by molar-refractivity contribution is 5.62. The number of rotatable bonds is 1. The van der Waals surface area contributed by atoms with Crippen LogP contribution in [0, 0.1) is 13.8 Å². The first-order chi connectivity index (χ1) is 8.65. The molecule has 1 aromatic heterocycles. The Hall–Kier alpha value is -1.61. The summed E-state index contributed by atoms with van der Waals surface area (Å²) in [5.74, 6) is 1.18. The molecule has 3 nitrogen and oxygen atoms in total. The number of nitrogens with zero attached hydrogens (tertiary/aromatic N) is 2. The van der Waals surface area contributed by atoms with Crippen LogP contribution in [-0.4, -0.2) is 15.6 Å². The topological polar surface area (TPSA) is 43.8 Å². The summed E-state index contributed by atoms with van der Waals surface area (Å²) >= 11 is 0. The molecule has 0 radical (unpaired) electrons. The number of benzene rings is 1. The number of nitrogens with two attached hydrogens (primary N) is 1. The second kappa shape index (κ2) is 4.25. The largest absolute Gasteiger partial charge is 0.330 e. The number of aromatic nitrogens is 2. The molecular weight excluding hydrogens is 222 g/mol. The molecule has 18 heavy (non-hydrogen) atoms. The normalized spacial score (nSPS) is 18.7. The highest BCUT2D eigenvalue weighted by Crippen LogP contribution is 2.26. The van der Waals surface area contributed by atoms with E-state index in [0.717, 1.165) is 25.1 Å². The summed E-state index contributed by atoms with van der Waals surface area (Å²) in [6.45, 7) is 5.15. The van der Waals surface area contributed by atoms with E-state index in [9.17, 15) is 0 Å². The molecule has 1 atom stereocenters. The summed E-state index contributed by atoms with van der Waals surface area (Å²) in [7, 11) is 0. The molecule has 1 unspecified atom stereocenters. The van der Waals surface area contributed by atoms with Gasteiger partial charge in [-0.3, -0.25) is 0 Å². The van der Waals surface area contributed by atoms with Gasteiger partial charge >= 0.3 is 0 Å². The van der Waals surface area contributed by atoms with E-state index in [1.807, 2.05) is 0 Å². The van der Waals surface area contributed by atoms with Crippen LogP contribution < -0.4 is 5.73 Å². The molecule has 0 saturated carbocycles. The Kier molecular flexibility index (Phi) is 2.71. The average molecular weight is 241 g/mol. The predicted octanol–water partition coefficient (Wildman–Crippen LogP) is 2.44. The number of imidazole rings is 1. The van der Waals surface area contributed by atoms with Crippen molar-refractivity contribution in [1.82, 2.24) is 9.55 Å². The summed E-state index contributed by atoms with van der Waals surface area (Å²) < 4.78 is 2.28. The van der Waals surface area contributed by atoms with Crippen LogP contribution in [0.5, 0.6) is 0 Å². The predicted molar refractivity (Wildman–Crippen MR) is 73.4 cm³/mol. The number of aryl methyl sites for hydroxylation is 2. The van der Waals surface area contributed by atoms with Crippen molar-refractivity contribution in [2.75, 3.05) is 0 Å². The van der Waals surface area contributed by atoms with Gasteiger partial charge in [-0.1, -0.05) is 29.8 Å². The summed E-state index contributed by atoms with van der Waals surface area (Å²) in [4.78, 5) is 4.79. The number of fused-ring (bicyclic) bond motifs is 1. The summed E-state index contributed by atoms with van der Waals surface area (Å²) in [5, 5.41) is 0. The summed E-state index contributed by atoms with van der Waals surface area (Å²) in [6.07, 6.45) is 2.04. The average Bonchev–Trinajstić information content (AvgIpc) is 2.68. The van der Waals surface area contributed by atoms with Crippen molar-refractivity contribution in [2.45, 2.75) is 39.3 Å². The summed E-state index contributed by atoms with van der Waals surface area (Å²) in [5.41, 5.74) is 10.9. The maximum absolute atomic E-state index is 6.04. The first kappa shape index (κ1) is 11.5. The van der Waals surface area contributed by atoms with Gasteiger partial charge in [0.1, 0.15) is 5.82 Å². The molecule has 2 aromatic rings. The summed E-state index contributed by atoms with van der Waals surface area (Å²) in [6, 6.07) is 8.85. The minimum absolute atomic E-state index is 0.274. The lowest BCUT2D eigenvalue weighted by Crippen LogP contribution is -2.32. The quantitative estimate of drug-likeness (QED) is 0.833. The molecule has 2 heterocycles. The Balaban J connectivity index is 2.06. The van der Waals surface area contributed by atoms with Crippen LogP contribution in [0.2, 0.25) is 0 Å². The Morgan fingerprint density at radius 1 is 1.22 bits per heavy atom. The zero-order valence-corrected chi connectivity index (χ0v) is 11.0. The van der Waals surface area contributed by atoms with Crippen molar-refractivity contribution >= 4 is 0 Å². The van der Waals surface area contributed by atoms with Gasteiger partial charge in [-0.25, -0.2) is 4.98 Å². The fraction of sp³-hybridized carbons (Fsp3) is 0.400. The standard InChI is InChI=1S/C15H19N3/c1-10-3-5-12(6-4-10)15-11(2)18-9-13(16)7-8-14(18)17-15/h3-6,13H,7-9,16H2,1-2H3. The van der Waals surface area contributed by atoms with Gasteiger partial charge in [-0.2, -0.15) is 0 Å². The number of hydrogen-bond acceptors (Lipinski definition) is 2. The molecule has 0 spiro atoms. The number of hydrogen-bond donors (Lipinski definition) is 1. The highest BCUT2D eigenvalue weighted by atomic mass is 15.1. The van der Waals surface area contributed by atoms with Crippen LogP contribution in [0.3, 0.4) is 0 Å². The van der Waals surface area contributed by atoms with Crippen LogP contribution in [0.1, 0.15) is 23.5 Å². The minimum Gasteiger partial charge on any atom is -0.330 e. The van der Waals surface area contributed by atoms with E-state index >= 15 is 0 Å². The third-order valence-corrected chi connectivity index (χ3v) is 3.78. The molecule has 3 heteroatoms. The second-order valence-electron chi connectivity index (χ2n) is 5.24. The van der Waals surface area contributed by atoms with Crippen molar-refractivity contribution in [3.63, 3.8) is 0 Å². The fourth-order valence-electron chi connectivity index (χ4n) is 2.65. The molecule has 0 aliphatic carbocycles. The maximum atomic E-state index is 6.04. The van der Waals surface area contributed by atoms with E-state index in [1.54, 1.807) is 0 Å². The van der Waals surface area contributed by atoms with E-state index < -0.39 is 0 Å². The second-order valence-corrected chi connectivity index (χ2v) is 5.24. The van der Waals surface area contributed by atoms with Gasteiger partial charge in [-0.05, 0) is 20.3 Å². The molecule has 0 fully saturated rings. The third kappa shape index (κ3) is 1.85. The van der Waals surface area contributed by atoms with Crippen molar-refractivity contribution in [2.24, 2.45) is 5.73 Å². The lowest BCUT2D eigenvalue weighted by atomic mass is 10.1. The Labute approximate surface area is 108 Å². The Bertz CT molecular complexity index is 566. The first-order valence-corrected chi connectivity index (χ1v) is 6.54. The van der Waals surface area contributed by atoms with Crippen LogP contribution in [0.25, 0.3) is 11.3 Å². The molecule has 1 aliphatic rings. The zero-order chi connectivity index (χ0) is 12.7. The van der Waals surface area contributed by atoms with Crippen molar-refractivity contribution in [1.29, 1.82) is 0 Å². The van der Waals surface area contributed by atoms with Crippen molar-refractivity contribution in [3.8, 4) is 11.3 Å². The fourth-order valence-corrected chi connectivity index (χ4v) is 2.65. The zero-order valence-electron chi connectivity index (χ0n) is 11.0. The van der Waals surface area contributed by atoms with Crippen LogP contribution in [-0.2, 0) is 13.0 Å². The van der Waals surface area contributed by atoms with E-state index in [0.29, 0.717) is 0 Å². The molecule has 0 bridgehead atoms. The van der Waals surface area contributed by atoms with Gasteiger partial charge in [0, 0.05) is 30.3 Å².